The molecule has 1 amide bonds. The van der Waals surface area contributed by atoms with Gasteiger partial charge in [-0.3, -0.25) is 4.79 Å². The van der Waals surface area contributed by atoms with Crippen molar-refractivity contribution in [2.24, 2.45) is 11.5 Å². The molecule has 1 atom stereocenters. The molecule has 1 aromatic rings. The van der Waals surface area contributed by atoms with E-state index < -0.39 is 11.4 Å². The van der Waals surface area contributed by atoms with E-state index in [2.05, 4.69) is 6.07 Å². The van der Waals surface area contributed by atoms with Crippen LogP contribution in [0.1, 0.15) is 30.9 Å². The minimum atomic E-state index is -0.953. The number of nitrogens with two attached hydrogens (primary N) is 2. The van der Waals surface area contributed by atoms with Gasteiger partial charge in [-0.25, -0.2) is 0 Å². The molecule has 0 saturated heterocycles. The van der Waals surface area contributed by atoms with Crippen LogP contribution in [0.25, 0.3) is 0 Å². The van der Waals surface area contributed by atoms with Crippen LogP contribution in [0.3, 0.4) is 0 Å². The third-order valence-electron chi connectivity index (χ3n) is 2.99. The van der Waals surface area contributed by atoms with E-state index in [-0.39, 0.29) is 0 Å². The molecule has 100 valence electrons. The van der Waals surface area contributed by atoms with Gasteiger partial charge in [0, 0.05) is 0 Å². The number of hydrogen-bond acceptors (Lipinski definition) is 3. The van der Waals surface area contributed by atoms with Crippen molar-refractivity contribution in [3.8, 4) is 5.75 Å². The fraction of sp³-hybridized carbons (Fsp3) is 0.500. The molecule has 0 spiro atoms. The van der Waals surface area contributed by atoms with Gasteiger partial charge in [-0.2, -0.15) is 0 Å². The molecule has 1 aromatic carbocycles. The van der Waals surface area contributed by atoms with Crippen molar-refractivity contribution in [3.63, 3.8) is 0 Å². The van der Waals surface area contributed by atoms with Gasteiger partial charge in [0.1, 0.15) is 5.75 Å². The highest BCUT2D eigenvalue weighted by Crippen LogP contribution is 2.19. The van der Waals surface area contributed by atoms with Crippen molar-refractivity contribution in [2.45, 2.75) is 39.2 Å². The number of aryl methyl sites for hydroxylation is 2. The Morgan fingerprint density at radius 3 is 2.61 bits per heavy atom. The van der Waals surface area contributed by atoms with Crippen molar-refractivity contribution in [2.75, 3.05) is 6.61 Å². The number of carbonyl (C=O) groups excluding carboxylic acids is 1. The number of ether oxygens (including phenoxy) is 1. The second-order valence-electron chi connectivity index (χ2n) is 5.00. The molecule has 1 rings (SSSR count). The number of benzene rings is 1. The molecule has 4 N–H and O–H groups in total. The lowest BCUT2D eigenvalue weighted by Gasteiger charge is -2.20. The summed E-state index contributed by atoms with van der Waals surface area (Å²) in [6.07, 6.45) is 1.22. The Balaban J connectivity index is 2.41. The predicted molar refractivity (Wildman–Crippen MR) is 72.4 cm³/mol. The summed E-state index contributed by atoms with van der Waals surface area (Å²) >= 11 is 0. The maximum absolute atomic E-state index is 11.0. The first-order chi connectivity index (χ1) is 8.33. The summed E-state index contributed by atoms with van der Waals surface area (Å²) < 4.78 is 5.66. The molecule has 0 heterocycles. The highest BCUT2D eigenvalue weighted by Gasteiger charge is 2.24. The van der Waals surface area contributed by atoms with Gasteiger partial charge >= 0.3 is 0 Å². The number of carbonyl (C=O) groups is 1. The van der Waals surface area contributed by atoms with Crippen molar-refractivity contribution < 1.29 is 9.53 Å². The van der Waals surface area contributed by atoms with Gasteiger partial charge in [-0.1, -0.05) is 17.7 Å². The van der Waals surface area contributed by atoms with Crippen LogP contribution in [0.4, 0.5) is 0 Å². The third-order valence-corrected chi connectivity index (χ3v) is 2.99. The second-order valence-corrected chi connectivity index (χ2v) is 5.00. The lowest BCUT2D eigenvalue weighted by atomic mass is 9.97. The first kappa shape index (κ1) is 14.5. The van der Waals surface area contributed by atoms with E-state index in [9.17, 15) is 4.79 Å². The SMILES string of the molecule is Cc1ccc(OCCCC(C)(N)C(N)=O)c(C)c1. The summed E-state index contributed by atoms with van der Waals surface area (Å²) in [5.41, 5.74) is 12.3. The van der Waals surface area contributed by atoms with E-state index in [1.54, 1.807) is 6.92 Å². The van der Waals surface area contributed by atoms with Crippen molar-refractivity contribution in [3.05, 3.63) is 29.3 Å². The molecular formula is C14H22N2O2. The van der Waals surface area contributed by atoms with Crippen LogP contribution in [0.2, 0.25) is 0 Å². The first-order valence-electron chi connectivity index (χ1n) is 6.12. The van der Waals surface area contributed by atoms with Gasteiger partial charge in [-0.15, -0.1) is 0 Å². The van der Waals surface area contributed by atoms with Crippen molar-refractivity contribution in [1.82, 2.24) is 0 Å². The van der Waals surface area contributed by atoms with Gasteiger partial charge in [0.25, 0.3) is 0 Å². The molecule has 0 bridgehead atoms. The summed E-state index contributed by atoms with van der Waals surface area (Å²) in [6, 6.07) is 6.05. The zero-order chi connectivity index (χ0) is 13.8. The Kier molecular flexibility index (Phi) is 4.73. The van der Waals surface area contributed by atoms with E-state index in [0.29, 0.717) is 19.4 Å². The summed E-state index contributed by atoms with van der Waals surface area (Å²) in [5.74, 6) is 0.396. The van der Waals surface area contributed by atoms with Crippen molar-refractivity contribution >= 4 is 5.91 Å². The topological polar surface area (TPSA) is 78.3 Å². The summed E-state index contributed by atoms with van der Waals surface area (Å²) in [5, 5.41) is 0. The van der Waals surface area contributed by atoms with E-state index in [1.165, 1.54) is 5.56 Å². The maximum Gasteiger partial charge on any atom is 0.237 e. The average Bonchev–Trinajstić information content (AvgIpc) is 2.26. The molecule has 1 unspecified atom stereocenters. The molecule has 0 aliphatic carbocycles. The molecule has 4 nitrogen and oxygen atoms in total. The van der Waals surface area contributed by atoms with Gasteiger partial charge < -0.3 is 16.2 Å². The average molecular weight is 250 g/mol. The molecule has 4 heteroatoms. The maximum atomic E-state index is 11.0. The largest absolute Gasteiger partial charge is 0.493 e. The number of amides is 1. The van der Waals surface area contributed by atoms with Crippen LogP contribution in [0.15, 0.2) is 18.2 Å². The zero-order valence-corrected chi connectivity index (χ0v) is 11.3. The summed E-state index contributed by atoms with van der Waals surface area (Å²) in [4.78, 5) is 11.0. The standard InChI is InChI=1S/C14H22N2O2/c1-10-5-6-12(11(2)9-10)18-8-4-7-14(3,16)13(15)17/h5-6,9H,4,7-8,16H2,1-3H3,(H2,15,17). The van der Waals surface area contributed by atoms with E-state index in [4.69, 9.17) is 16.2 Å². The van der Waals surface area contributed by atoms with Crippen molar-refractivity contribution in [1.29, 1.82) is 0 Å². The van der Waals surface area contributed by atoms with E-state index in [0.717, 1.165) is 11.3 Å². The molecular weight excluding hydrogens is 228 g/mol. The number of primary amides is 1. The molecule has 0 fully saturated rings. The monoisotopic (exact) mass is 250 g/mol. The Bertz CT molecular complexity index is 428. The first-order valence-corrected chi connectivity index (χ1v) is 6.12. The Morgan fingerprint density at radius 1 is 1.39 bits per heavy atom. The molecule has 18 heavy (non-hydrogen) atoms. The van der Waals surface area contributed by atoms with Crippen LogP contribution < -0.4 is 16.2 Å². The van der Waals surface area contributed by atoms with E-state index in [1.807, 2.05) is 26.0 Å². The smallest absolute Gasteiger partial charge is 0.237 e. The molecule has 0 saturated carbocycles. The lowest BCUT2D eigenvalue weighted by molar-refractivity contribution is -0.122. The van der Waals surface area contributed by atoms with Gasteiger partial charge in [0.05, 0.1) is 12.1 Å². The van der Waals surface area contributed by atoms with Crippen LogP contribution in [-0.4, -0.2) is 18.1 Å². The summed E-state index contributed by atoms with van der Waals surface area (Å²) in [7, 11) is 0. The molecule has 0 radical (unpaired) electrons. The highest BCUT2D eigenvalue weighted by atomic mass is 16.5. The molecule has 0 aliphatic rings. The Labute approximate surface area is 108 Å². The van der Waals surface area contributed by atoms with Gasteiger partial charge in [0.15, 0.2) is 0 Å². The fourth-order valence-electron chi connectivity index (χ4n) is 1.71. The minimum absolute atomic E-state index is 0.478. The minimum Gasteiger partial charge on any atom is -0.493 e. The Hall–Kier alpha value is -1.55. The predicted octanol–water partition coefficient (Wildman–Crippen LogP) is 1.67. The number of rotatable bonds is 6. The quantitative estimate of drug-likeness (QED) is 0.754. The second kappa shape index (κ2) is 5.87. The third kappa shape index (κ3) is 4.04. The van der Waals surface area contributed by atoms with Crippen LogP contribution in [-0.2, 0) is 4.79 Å². The van der Waals surface area contributed by atoms with Crippen LogP contribution >= 0.6 is 0 Å². The summed E-state index contributed by atoms with van der Waals surface area (Å²) in [6.45, 7) is 6.23. The lowest BCUT2D eigenvalue weighted by Crippen LogP contribution is -2.49. The van der Waals surface area contributed by atoms with Crippen LogP contribution in [0.5, 0.6) is 5.75 Å². The molecule has 0 aromatic heterocycles. The van der Waals surface area contributed by atoms with Gasteiger partial charge in [-0.05, 0) is 45.2 Å². The van der Waals surface area contributed by atoms with E-state index >= 15 is 0 Å². The number of hydrogen-bond donors (Lipinski definition) is 2. The highest BCUT2D eigenvalue weighted by molar-refractivity contribution is 5.83. The Morgan fingerprint density at radius 2 is 2.06 bits per heavy atom. The van der Waals surface area contributed by atoms with Gasteiger partial charge in [0.2, 0.25) is 5.91 Å². The van der Waals surface area contributed by atoms with Crippen LogP contribution in [0, 0.1) is 13.8 Å². The zero-order valence-electron chi connectivity index (χ0n) is 11.3. The molecule has 0 aliphatic heterocycles. The normalized spacial score (nSPS) is 14.0. The fourth-order valence-corrected chi connectivity index (χ4v) is 1.71.